The molecular weight excluding hydrogens is 235 g/mol. The molecule has 0 saturated heterocycles. The molecule has 0 aromatic heterocycles. The van der Waals surface area contributed by atoms with E-state index in [0.717, 1.165) is 19.5 Å². The van der Waals surface area contributed by atoms with Crippen molar-refractivity contribution in [1.82, 2.24) is 10.6 Å². The first-order valence-corrected chi connectivity index (χ1v) is 5.81. The number of carbonyl (C=O) groups is 1. The molecule has 1 aliphatic rings. The second-order valence-corrected chi connectivity index (χ2v) is 3.92. The zero-order chi connectivity index (χ0) is 12.8. The summed E-state index contributed by atoms with van der Waals surface area (Å²) in [7, 11) is 0. The van der Waals surface area contributed by atoms with Crippen molar-refractivity contribution in [3.05, 3.63) is 30.1 Å². The van der Waals surface area contributed by atoms with Crippen LogP contribution in [0.4, 0.5) is 10.1 Å². The van der Waals surface area contributed by atoms with Gasteiger partial charge in [-0.25, -0.2) is 4.39 Å². The Morgan fingerprint density at radius 3 is 3.11 bits per heavy atom. The molecule has 0 radical (unpaired) electrons. The van der Waals surface area contributed by atoms with Crippen molar-refractivity contribution in [3.63, 3.8) is 0 Å². The van der Waals surface area contributed by atoms with Gasteiger partial charge in [0.25, 0.3) is 0 Å². The topological polar surface area (TPSA) is 65.5 Å². The molecule has 1 aromatic rings. The summed E-state index contributed by atoms with van der Waals surface area (Å²) in [5.41, 5.74) is 0.445. The Labute approximate surface area is 104 Å². The van der Waals surface area contributed by atoms with Crippen LogP contribution in [0.2, 0.25) is 0 Å². The molecule has 18 heavy (non-hydrogen) atoms. The number of rotatable bonds is 3. The summed E-state index contributed by atoms with van der Waals surface area (Å²) >= 11 is 0. The average Bonchev–Trinajstić information content (AvgIpc) is 2.38. The van der Waals surface area contributed by atoms with Gasteiger partial charge in [0.05, 0.1) is 6.54 Å². The minimum atomic E-state index is -0.376. The van der Waals surface area contributed by atoms with E-state index in [0.29, 0.717) is 11.6 Å². The largest absolute Gasteiger partial charge is 0.356 e. The molecule has 0 saturated carbocycles. The zero-order valence-corrected chi connectivity index (χ0v) is 9.87. The molecular formula is C12H15FN4O. The second-order valence-electron chi connectivity index (χ2n) is 3.92. The summed E-state index contributed by atoms with van der Waals surface area (Å²) < 4.78 is 12.9. The van der Waals surface area contributed by atoms with Crippen LogP contribution in [0.15, 0.2) is 29.3 Å². The molecule has 2 rings (SSSR count). The van der Waals surface area contributed by atoms with Crippen molar-refractivity contribution in [1.29, 1.82) is 0 Å². The molecule has 0 unspecified atom stereocenters. The number of hydrogen-bond acceptors (Lipinski definition) is 4. The summed E-state index contributed by atoms with van der Waals surface area (Å²) in [6.45, 7) is 1.72. The fraction of sp³-hybridized carbons (Fsp3) is 0.333. The van der Waals surface area contributed by atoms with Crippen LogP contribution < -0.4 is 16.0 Å². The van der Waals surface area contributed by atoms with Crippen LogP contribution in [0, 0.1) is 5.82 Å². The Kier molecular flexibility index (Phi) is 4.11. The highest BCUT2D eigenvalue weighted by Crippen LogP contribution is 2.08. The number of benzene rings is 1. The number of nitrogens with zero attached hydrogens (tertiary/aromatic N) is 1. The van der Waals surface area contributed by atoms with Crippen LogP contribution in [-0.2, 0) is 4.79 Å². The third-order valence-electron chi connectivity index (χ3n) is 2.42. The lowest BCUT2D eigenvalue weighted by atomic mass is 10.3. The molecule has 0 bridgehead atoms. The number of hydrogen-bond donors (Lipinski definition) is 3. The molecule has 6 heteroatoms. The van der Waals surface area contributed by atoms with Crippen molar-refractivity contribution in [2.45, 2.75) is 6.42 Å². The van der Waals surface area contributed by atoms with Crippen molar-refractivity contribution in [2.75, 3.05) is 25.0 Å². The van der Waals surface area contributed by atoms with Gasteiger partial charge in [-0.05, 0) is 24.6 Å². The van der Waals surface area contributed by atoms with Crippen molar-refractivity contribution >= 4 is 17.6 Å². The van der Waals surface area contributed by atoms with E-state index < -0.39 is 0 Å². The van der Waals surface area contributed by atoms with E-state index in [1.807, 2.05) is 0 Å². The minimum absolute atomic E-state index is 0.0996. The highest BCUT2D eigenvalue weighted by Gasteiger charge is 2.06. The van der Waals surface area contributed by atoms with Gasteiger partial charge in [0, 0.05) is 18.8 Å². The third-order valence-corrected chi connectivity index (χ3v) is 2.42. The molecule has 0 atom stereocenters. The summed E-state index contributed by atoms with van der Waals surface area (Å²) in [5.74, 6) is 0.0189. The maximum Gasteiger partial charge on any atom is 0.243 e. The van der Waals surface area contributed by atoms with E-state index in [9.17, 15) is 9.18 Å². The van der Waals surface area contributed by atoms with Crippen LogP contribution in [0.25, 0.3) is 0 Å². The minimum Gasteiger partial charge on any atom is -0.356 e. The number of aliphatic imine (C=N–C) groups is 1. The van der Waals surface area contributed by atoms with Crippen LogP contribution in [-0.4, -0.2) is 31.5 Å². The normalized spacial score (nSPS) is 14.4. The fourth-order valence-corrected chi connectivity index (χ4v) is 1.59. The van der Waals surface area contributed by atoms with Crippen LogP contribution in [0.3, 0.4) is 0 Å². The number of guanidine groups is 1. The van der Waals surface area contributed by atoms with E-state index >= 15 is 0 Å². The van der Waals surface area contributed by atoms with E-state index in [-0.39, 0.29) is 18.3 Å². The molecule has 0 aliphatic carbocycles. The molecule has 96 valence electrons. The molecule has 1 aliphatic heterocycles. The molecule has 0 spiro atoms. The van der Waals surface area contributed by atoms with Gasteiger partial charge in [0.2, 0.25) is 5.91 Å². The summed E-state index contributed by atoms with van der Waals surface area (Å²) in [6, 6.07) is 5.78. The molecule has 1 heterocycles. The van der Waals surface area contributed by atoms with Crippen LogP contribution in [0.1, 0.15) is 6.42 Å². The zero-order valence-electron chi connectivity index (χ0n) is 9.87. The highest BCUT2D eigenvalue weighted by molar-refractivity contribution is 5.95. The predicted octanol–water partition coefficient (Wildman–Crippen LogP) is 0.703. The summed E-state index contributed by atoms with van der Waals surface area (Å²) in [5, 5.41) is 8.53. The maximum atomic E-state index is 12.9. The van der Waals surface area contributed by atoms with Gasteiger partial charge in [0.1, 0.15) is 5.82 Å². The Balaban J connectivity index is 1.80. The number of amides is 1. The summed E-state index contributed by atoms with van der Waals surface area (Å²) in [4.78, 5) is 15.8. The highest BCUT2D eigenvalue weighted by atomic mass is 19.1. The fourth-order valence-electron chi connectivity index (χ4n) is 1.59. The first kappa shape index (κ1) is 12.3. The molecule has 5 nitrogen and oxygen atoms in total. The lowest BCUT2D eigenvalue weighted by Gasteiger charge is -2.15. The monoisotopic (exact) mass is 250 g/mol. The number of halogens is 1. The van der Waals surface area contributed by atoms with Gasteiger partial charge in [0.15, 0.2) is 5.96 Å². The molecule has 1 amide bonds. The molecule has 3 N–H and O–H groups in total. The van der Waals surface area contributed by atoms with E-state index in [4.69, 9.17) is 0 Å². The Hall–Kier alpha value is -2.11. The number of anilines is 1. The van der Waals surface area contributed by atoms with Crippen LogP contribution in [0.5, 0.6) is 0 Å². The van der Waals surface area contributed by atoms with Gasteiger partial charge in [-0.15, -0.1) is 0 Å². The lowest BCUT2D eigenvalue weighted by Crippen LogP contribution is -2.43. The maximum absolute atomic E-state index is 12.9. The first-order chi connectivity index (χ1) is 8.74. The third kappa shape index (κ3) is 3.73. The quantitative estimate of drug-likeness (QED) is 0.740. The van der Waals surface area contributed by atoms with Gasteiger partial charge in [-0.2, -0.15) is 0 Å². The van der Waals surface area contributed by atoms with Crippen molar-refractivity contribution in [3.8, 4) is 0 Å². The lowest BCUT2D eigenvalue weighted by molar-refractivity contribution is -0.115. The van der Waals surface area contributed by atoms with E-state index in [1.54, 1.807) is 12.1 Å². The van der Waals surface area contributed by atoms with Gasteiger partial charge in [-0.3, -0.25) is 9.79 Å². The Bertz CT molecular complexity index is 461. The molecule has 1 aromatic carbocycles. The van der Waals surface area contributed by atoms with Crippen molar-refractivity contribution < 1.29 is 9.18 Å². The standard InChI is InChI=1S/C12H15FN4O/c13-9-3-1-4-10(7-9)17-11(18)8-16-12-14-5-2-6-15-12/h1,3-4,7H,2,5-6,8H2,(H,17,18)(H2,14,15,16). The smallest absolute Gasteiger partial charge is 0.243 e. The molecule has 0 fully saturated rings. The van der Waals surface area contributed by atoms with Crippen molar-refractivity contribution in [2.24, 2.45) is 4.99 Å². The van der Waals surface area contributed by atoms with Gasteiger partial charge in [-0.1, -0.05) is 6.07 Å². The summed E-state index contributed by atoms with van der Waals surface area (Å²) in [6.07, 6.45) is 1.00. The number of carbonyl (C=O) groups excluding carboxylic acids is 1. The Morgan fingerprint density at radius 2 is 2.39 bits per heavy atom. The van der Waals surface area contributed by atoms with Crippen LogP contribution >= 0.6 is 0 Å². The van der Waals surface area contributed by atoms with Gasteiger partial charge >= 0.3 is 0 Å². The van der Waals surface area contributed by atoms with E-state index in [2.05, 4.69) is 20.9 Å². The SMILES string of the molecule is O=C(CNC1=NCCCN1)Nc1cccc(F)c1. The average molecular weight is 250 g/mol. The van der Waals surface area contributed by atoms with Gasteiger partial charge < -0.3 is 16.0 Å². The first-order valence-electron chi connectivity index (χ1n) is 5.81. The second kappa shape index (κ2) is 6.00. The van der Waals surface area contributed by atoms with E-state index in [1.165, 1.54) is 12.1 Å². The number of nitrogens with one attached hydrogen (secondary N) is 3. The predicted molar refractivity (Wildman–Crippen MR) is 68.0 cm³/mol. The Morgan fingerprint density at radius 1 is 1.50 bits per heavy atom.